The van der Waals surface area contributed by atoms with E-state index < -0.39 is 0 Å². The predicted octanol–water partition coefficient (Wildman–Crippen LogP) is 1.95. The fourth-order valence-electron chi connectivity index (χ4n) is 2.76. The molecule has 0 unspecified atom stereocenters. The van der Waals surface area contributed by atoms with E-state index in [1.165, 1.54) is 11.3 Å². The van der Waals surface area contributed by atoms with Gasteiger partial charge in [-0.25, -0.2) is 4.98 Å². The molecule has 0 radical (unpaired) electrons. The molecule has 1 N–H and O–H groups in total. The molecule has 0 saturated carbocycles. The summed E-state index contributed by atoms with van der Waals surface area (Å²) < 4.78 is 0. The Morgan fingerprint density at radius 3 is 2.86 bits per heavy atom. The van der Waals surface area contributed by atoms with E-state index in [0.717, 1.165) is 36.7 Å². The van der Waals surface area contributed by atoms with Gasteiger partial charge in [-0.05, 0) is 23.8 Å². The molecule has 0 fully saturated rings. The Bertz CT molecular complexity index is 665. The van der Waals surface area contributed by atoms with Crippen LogP contribution in [0, 0.1) is 0 Å². The lowest BCUT2D eigenvalue weighted by Crippen LogP contribution is -2.37. The van der Waals surface area contributed by atoms with Gasteiger partial charge < -0.3 is 10.2 Å². The molecule has 0 atom stereocenters. The summed E-state index contributed by atoms with van der Waals surface area (Å²) in [5.74, 6) is 1.83. The van der Waals surface area contributed by atoms with Crippen molar-refractivity contribution >= 4 is 11.7 Å². The summed E-state index contributed by atoms with van der Waals surface area (Å²) in [6.45, 7) is 1.77. The van der Waals surface area contributed by atoms with Gasteiger partial charge in [0, 0.05) is 51.7 Å². The van der Waals surface area contributed by atoms with Crippen LogP contribution in [-0.2, 0) is 13.0 Å². The van der Waals surface area contributed by atoms with Crippen LogP contribution in [0.25, 0.3) is 0 Å². The van der Waals surface area contributed by atoms with Gasteiger partial charge in [0.2, 0.25) is 0 Å². The lowest BCUT2D eigenvalue weighted by atomic mass is 10.0. The Balaban J connectivity index is 1.92. The molecule has 5 nitrogen and oxygen atoms in total. The standard InChI is InChI=1S/C16H19N5/c1-17-15-13(6-4-9-20-15)16(18-2)21-10-7-14-12(11-21)5-3-8-19-14/h3-6,8-9H,7,10-11H2,1-2H3,(H,17,20). The van der Waals surface area contributed by atoms with Gasteiger partial charge in [0.15, 0.2) is 0 Å². The van der Waals surface area contributed by atoms with Crippen LogP contribution >= 0.6 is 0 Å². The maximum atomic E-state index is 4.51. The molecule has 0 bridgehead atoms. The Hall–Kier alpha value is -2.43. The van der Waals surface area contributed by atoms with Crippen molar-refractivity contribution in [2.45, 2.75) is 13.0 Å². The second-order valence-corrected chi connectivity index (χ2v) is 4.98. The average Bonchev–Trinajstić information content (AvgIpc) is 2.56. The van der Waals surface area contributed by atoms with Crippen molar-refractivity contribution in [2.75, 3.05) is 26.0 Å². The van der Waals surface area contributed by atoms with E-state index in [9.17, 15) is 0 Å². The highest BCUT2D eigenvalue weighted by Crippen LogP contribution is 2.21. The van der Waals surface area contributed by atoms with Gasteiger partial charge in [0.1, 0.15) is 11.7 Å². The molecule has 0 spiro atoms. The zero-order chi connectivity index (χ0) is 14.7. The number of fused-ring (bicyclic) bond motifs is 1. The zero-order valence-corrected chi connectivity index (χ0v) is 12.4. The molecule has 5 heteroatoms. The highest BCUT2D eigenvalue weighted by molar-refractivity contribution is 6.02. The Morgan fingerprint density at radius 1 is 1.24 bits per heavy atom. The highest BCUT2D eigenvalue weighted by Gasteiger charge is 2.22. The molecule has 2 aromatic rings. The third-order valence-corrected chi connectivity index (χ3v) is 3.76. The summed E-state index contributed by atoms with van der Waals surface area (Å²) in [7, 11) is 3.72. The quantitative estimate of drug-likeness (QED) is 0.675. The largest absolute Gasteiger partial charge is 0.373 e. The number of aromatic nitrogens is 2. The summed E-state index contributed by atoms with van der Waals surface area (Å²) in [6.07, 6.45) is 4.60. The van der Waals surface area contributed by atoms with E-state index in [2.05, 4.69) is 37.3 Å². The monoisotopic (exact) mass is 281 g/mol. The maximum absolute atomic E-state index is 4.51. The number of hydrogen-bond acceptors (Lipinski definition) is 4. The van der Waals surface area contributed by atoms with E-state index in [-0.39, 0.29) is 0 Å². The van der Waals surface area contributed by atoms with Gasteiger partial charge in [0.05, 0.1) is 5.56 Å². The van der Waals surface area contributed by atoms with Gasteiger partial charge in [-0.15, -0.1) is 0 Å². The topological polar surface area (TPSA) is 53.4 Å². The maximum Gasteiger partial charge on any atom is 0.136 e. The summed E-state index contributed by atoms with van der Waals surface area (Å²) in [5.41, 5.74) is 3.51. The number of nitrogens with one attached hydrogen (secondary N) is 1. The molecule has 1 aliphatic rings. The van der Waals surface area contributed by atoms with Gasteiger partial charge in [0.25, 0.3) is 0 Å². The van der Waals surface area contributed by atoms with Crippen molar-refractivity contribution in [1.82, 2.24) is 14.9 Å². The molecule has 108 valence electrons. The smallest absolute Gasteiger partial charge is 0.136 e. The number of anilines is 1. The molecular weight excluding hydrogens is 262 g/mol. The van der Waals surface area contributed by atoms with Gasteiger partial charge in [-0.1, -0.05) is 6.07 Å². The van der Waals surface area contributed by atoms with E-state index in [1.54, 1.807) is 6.20 Å². The minimum Gasteiger partial charge on any atom is -0.373 e. The van der Waals surface area contributed by atoms with Crippen LogP contribution in [0.4, 0.5) is 5.82 Å². The summed E-state index contributed by atoms with van der Waals surface area (Å²) in [4.78, 5) is 15.6. The van der Waals surface area contributed by atoms with Gasteiger partial charge >= 0.3 is 0 Å². The van der Waals surface area contributed by atoms with Crippen LogP contribution in [0.1, 0.15) is 16.8 Å². The molecule has 0 saturated heterocycles. The molecule has 21 heavy (non-hydrogen) atoms. The van der Waals surface area contributed by atoms with E-state index >= 15 is 0 Å². The van der Waals surface area contributed by atoms with Gasteiger partial charge in [-0.3, -0.25) is 9.98 Å². The molecule has 0 aliphatic carbocycles. The normalized spacial score (nSPS) is 14.8. The zero-order valence-electron chi connectivity index (χ0n) is 12.4. The first kappa shape index (κ1) is 13.5. The molecule has 2 aromatic heterocycles. The third kappa shape index (κ3) is 2.59. The minimum atomic E-state index is 0.841. The lowest BCUT2D eigenvalue weighted by molar-refractivity contribution is 0.389. The SMILES string of the molecule is CN=C(c1cccnc1NC)N1CCc2ncccc2C1. The number of pyridine rings is 2. The second-order valence-electron chi connectivity index (χ2n) is 4.98. The van der Waals surface area contributed by atoms with Crippen LogP contribution in [-0.4, -0.2) is 41.3 Å². The van der Waals surface area contributed by atoms with Crippen molar-refractivity contribution in [1.29, 1.82) is 0 Å². The van der Waals surface area contributed by atoms with Crippen LogP contribution in [0.2, 0.25) is 0 Å². The predicted molar refractivity (Wildman–Crippen MR) is 84.6 cm³/mol. The fourth-order valence-corrected chi connectivity index (χ4v) is 2.76. The summed E-state index contributed by atoms with van der Waals surface area (Å²) in [6, 6.07) is 8.14. The number of hydrogen-bond donors (Lipinski definition) is 1. The van der Waals surface area contributed by atoms with Crippen molar-refractivity contribution in [3.63, 3.8) is 0 Å². The third-order valence-electron chi connectivity index (χ3n) is 3.76. The van der Waals surface area contributed by atoms with E-state index in [4.69, 9.17) is 0 Å². The van der Waals surface area contributed by atoms with E-state index in [1.807, 2.05) is 32.4 Å². The Kier molecular flexibility index (Phi) is 3.81. The van der Waals surface area contributed by atoms with Crippen molar-refractivity contribution in [2.24, 2.45) is 4.99 Å². The first-order valence-electron chi connectivity index (χ1n) is 7.11. The molecule has 0 aromatic carbocycles. The average molecular weight is 281 g/mol. The Labute approximate surface area is 124 Å². The van der Waals surface area contributed by atoms with Crippen molar-refractivity contribution < 1.29 is 0 Å². The van der Waals surface area contributed by atoms with Crippen LogP contribution < -0.4 is 5.32 Å². The van der Waals surface area contributed by atoms with Crippen LogP contribution in [0.15, 0.2) is 41.7 Å². The van der Waals surface area contributed by atoms with Crippen molar-refractivity contribution in [3.05, 3.63) is 53.5 Å². The summed E-state index contributed by atoms with van der Waals surface area (Å²) >= 11 is 0. The molecular formula is C16H19N5. The number of amidine groups is 1. The molecule has 1 aliphatic heterocycles. The number of nitrogens with zero attached hydrogens (tertiary/aromatic N) is 4. The number of rotatable bonds is 2. The van der Waals surface area contributed by atoms with Gasteiger partial charge in [-0.2, -0.15) is 0 Å². The minimum absolute atomic E-state index is 0.841. The lowest BCUT2D eigenvalue weighted by Gasteiger charge is -2.31. The number of aliphatic imine (C=N–C) groups is 1. The fraction of sp³-hybridized carbons (Fsp3) is 0.312. The first-order valence-corrected chi connectivity index (χ1v) is 7.11. The van der Waals surface area contributed by atoms with Crippen molar-refractivity contribution in [3.8, 4) is 0 Å². The van der Waals surface area contributed by atoms with E-state index in [0.29, 0.717) is 0 Å². The molecule has 3 heterocycles. The second kappa shape index (κ2) is 5.91. The van der Waals surface area contributed by atoms with Crippen LogP contribution in [0.5, 0.6) is 0 Å². The first-order chi connectivity index (χ1) is 10.3. The molecule has 0 amide bonds. The summed E-state index contributed by atoms with van der Waals surface area (Å²) in [5, 5.41) is 3.14. The Morgan fingerprint density at radius 2 is 2.05 bits per heavy atom. The van der Waals surface area contributed by atoms with Crippen LogP contribution in [0.3, 0.4) is 0 Å². The highest BCUT2D eigenvalue weighted by atomic mass is 15.2. The molecule has 3 rings (SSSR count).